The topological polar surface area (TPSA) is 93.4 Å². The standard InChI is InChI=1S/C15H29N3O3/c1-15(2,3)21-14(20)18-10-4-9-17-12-7-5-11(6-8-12)13(16)19/h11-12,17H,4-10H2,1-3H3,(H2,16,19)(H,18,20). The largest absolute Gasteiger partial charge is 0.444 e. The first kappa shape index (κ1) is 17.8. The van der Waals surface area contributed by atoms with Crippen LogP contribution >= 0.6 is 0 Å². The van der Waals surface area contributed by atoms with Crippen molar-refractivity contribution in [2.75, 3.05) is 13.1 Å². The highest BCUT2D eigenvalue weighted by atomic mass is 16.6. The molecule has 4 N–H and O–H groups in total. The fourth-order valence-electron chi connectivity index (χ4n) is 2.48. The smallest absolute Gasteiger partial charge is 0.407 e. The maximum Gasteiger partial charge on any atom is 0.407 e. The van der Waals surface area contributed by atoms with Gasteiger partial charge in [0, 0.05) is 18.5 Å². The molecule has 0 aliphatic heterocycles. The Morgan fingerprint density at radius 2 is 1.76 bits per heavy atom. The molecule has 1 rings (SSSR count). The van der Waals surface area contributed by atoms with Gasteiger partial charge in [-0.05, 0) is 59.4 Å². The lowest BCUT2D eigenvalue weighted by molar-refractivity contribution is -0.122. The average molecular weight is 299 g/mol. The molecule has 0 aromatic carbocycles. The molecule has 0 bridgehead atoms. The fraction of sp³-hybridized carbons (Fsp3) is 0.867. The number of nitrogens with one attached hydrogen (secondary N) is 2. The molecule has 0 aromatic heterocycles. The number of hydrogen-bond donors (Lipinski definition) is 3. The molecule has 6 heteroatoms. The van der Waals surface area contributed by atoms with E-state index in [0.717, 1.165) is 38.6 Å². The number of rotatable bonds is 6. The summed E-state index contributed by atoms with van der Waals surface area (Å²) in [6.07, 6.45) is 4.23. The van der Waals surface area contributed by atoms with Crippen LogP contribution in [-0.2, 0) is 9.53 Å². The van der Waals surface area contributed by atoms with Crippen LogP contribution < -0.4 is 16.4 Å². The molecule has 0 unspecified atom stereocenters. The molecule has 122 valence electrons. The van der Waals surface area contributed by atoms with E-state index in [1.54, 1.807) is 0 Å². The zero-order chi connectivity index (χ0) is 15.9. The SMILES string of the molecule is CC(C)(C)OC(=O)NCCCNC1CCC(C(N)=O)CC1. The van der Waals surface area contributed by atoms with Crippen LogP contribution in [0.4, 0.5) is 4.79 Å². The zero-order valence-electron chi connectivity index (χ0n) is 13.4. The van der Waals surface area contributed by atoms with E-state index in [-0.39, 0.29) is 17.9 Å². The van der Waals surface area contributed by atoms with Gasteiger partial charge in [0.2, 0.25) is 5.91 Å². The van der Waals surface area contributed by atoms with Crippen LogP contribution in [-0.4, -0.2) is 36.7 Å². The molecule has 0 spiro atoms. The van der Waals surface area contributed by atoms with Crippen LogP contribution in [0.3, 0.4) is 0 Å². The highest BCUT2D eigenvalue weighted by Gasteiger charge is 2.24. The summed E-state index contributed by atoms with van der Waals surface area (Å²) in [5, 5.41) is 6.20. The molecule has 21 heavy (non-hydrogen) atoms. The van der Waals surface area contributed by atoms with Crippen molar-refractivity contribution >= 4 is 12.0 Å². The van der Waals surface area contributed by atoms with E-state index >= 15 is 0 Å². The molecule has 2 amide bonds. The number of nitrogens with two attached hydrogens (primary N) is 1. The van der Waals surface area contributed by atoms with Crippen molar-refractivity contribution in [2.45, 2.75) is 64.5 Å². The lowest BCUT2D eigenvalue weighted by Crippen LogP contribution is -2.38. The van der Waals surface area contributed by atoms with Gasteiger partial charge in [-0.2, -0.15) is 0 Å². The van der Waals surface area contributed by atoms with E-state index < -0.39 is 5.60 Å². The molecular weight excluding hydrogens is 270 g/mol. The number of carbonyl (C=O) groups excluding carboxylic acids is 2. The monoisotopic (exact) mass is 299 g/mol. The summed E-state index contributed by atoms with van der Waals surface area (Å²) in [6.45, 7) is 6.98. The average Bonchev–Trinajstić information content (AvgIpc) is 2.36. The van der Waals surface area contributed by atoms with E-state index in [4.69, 9.17) is 10.5 Å². The fourth-order valence-corrected chi connectivity index (χ4v) is 2.48. The predicted octanol–water partition coefficient (Wildman–Crippen LogP) is 1.53. The Labute approximate surface area is 127 Å². The number of amides is 2. The Kier molecular flexibility index (Phi) is 6.95. The summed E-state index contributed by atoms with van der Waals surface area (Å²) in [4.78, 5) is 22.5. The van der Waals surface area contributed by atoms with Gasteiger partial charge < -0.3 is 21.1 Å². The van der Waals surface area contributed by atoms with Crippen LogP contribution in [0.15, 0.2) is 0 Å². The minimum Gasteiger partial charge on any atom is -0.444 e. The van der Waals surface area contributed by atoms with E-state index in [9.17, 15) is 9.59 Å². The number of primary amides is 1. The molecule has 1 aliphatic rings. The van der Waals surface area contributed by atoms with Crippen molar-refractivity contribution in [3.63, 3.8) is 0 Å². The molecule has 0 aromatic rings. The number of hydrogen-bond acceptors (Lipinski definition) is 4. The minimum atomic E-state index is -0.457. The van der Waals surface area contributed by atoms with Gasteiger partial charge in [-0.15, -0.1) is 0 Å². The first-order valence-corrected chi connectivity index (χ1v) is 7.77. The Balaban J connectivity index is 2.03. The third kappa shape index (κ3) is 7.90. The van der Waals surface area contributed by atoms with Gasteiger partial charge in [-0.1, -0.05) is 0 Å². The first-order valence-electron chi connectivity index (χ1n) is 7.77. The summed E-state index contributed by atoms with van der Waals surface area (Å²) in [5.74, 6) is -0.119. The molecule has 1 fully saturated rings. The van der Waals surface area contributed by atoms with Crippen molar-refractivity contribution in [2.24, 2.45) is 11.7 Å². The lowest BCUT2D eigenvalue weighted by atomic mass is 9.85. The minimum absolute atomic E-state index is 0.0527. The van der Waals surface area contributed by atoms with E-state index in [0.29, 0.717) is 12.6 Å². The van der Waals surface area contributed by atoms with Crippen molar-refractivity contribution in [1.29, 1.82) is 0 Å². The van der Waals surface area contributed by atoms with Crippen molar-refractivity contribution in [3.05, 3.63) is 0 Å². The Bertz CT molecular complexity index is 345. The highest BCUT2D eigenvalue weighted by Crippen LogP contribution is 2.23. The van der Waals surface area contributed by atoms with Crippen molar-refractivity contribution in [3.8, 4) is 0 Å². The molecule has 1 saturated carbocycles. The van der Waals surface area contributed by atoms with Crippen LogP contribution in [0, 0.1) is 5.92 Å². The summed E-state index contributed by atoms with van der Waals surface area (Å²) < 4.78 is 5.15. The van der Waals surface area contributed by atoms with Crippen LogP contribution in [0.1, 0.15) is 52.9 Å². The van der Waals surface area contributed by atoms with Crippen LogP contribution in [0.2, 0.25) is 0 Å². The second-order valence-corrected chi connectivity index (χ2v) is 6.69. The molecule has 0 saturated heterocycles. The third-order valence-corrected chi connectivity index (χ3v) is 3.58. The second-order valence-electron chi connectivity index (χ2n) is 6.69. The summed E-state index contributed by atoms with van der Waals surface area (Å²) >= 11 is 0. The van der Waals surface area contributed by atoms with Crippen LogP contribution in [0.25, 0.3) is 0 Å². The lowest BCUT2D eigenvalue weighted by Gasteiger charge is -2.27. The van der Waals surface area contributed by atoms with Gasteiger partial charge in [0.1, 0.15) is 5.60 Å². The quantitative estimate of drug-likeness (QED) is 0.648. The first-order chi connectivity index (χ1) is 9.78. The molecule has 1 aliphatic carbocycles. The van der Waals surface area contributed by atoms with Gasteiger partial charge in [-0.3, -0.25) is 4.79 Å². The predicted molar refractivity (Wildman–Crippen MR) is 81.8 cm³/mol. The Morgan fingerprint density at radius 1 is 1.14 bits per heavy atom. The number of ether oxygens (including phenoxy) is 1. The van der Waals surface area contributed by atoms with Gasteiger partial charge in [0.05, 0.1) is 0 Å². The van der Waals surface area contributed by atoms with Gasteiger partial charge >= 0.3 is 6.09 Å². The summed E-state index contributed by atoms with van der Waals surface area (Å²) in [7, 11) is 0. The molecule has 6 nitrogen and oxygen atoms in total. The van der Waals surface area contributed by atoms with E-state index in [1.807, 2.05) is 20.8 Å². The maximum absolute atomic E-state index is 11.4. The van der Waals surface area contributed by atoms with Crippen LogP contribution in [0.5, 0.6) is 0 Å². The third-order valence-electron chi connectivity index (χ3n) is 3.58. The van der Waals surface area contributed by atoms with Gasteiger partial charge in [-0.25, -0.2) is 4.79 Å². The van der Waals surface area contributed by atoms with E-state index in [1.165, 1.54) is 0 Å². The summed E-state index contributed by atoms with van der Waals surface area (Å²) in [6, 6.07) is 0.460. The summed E-state index contributed by atoms with van der Waals surface area (Å²) in [5.41, 5.74) is 4.86. The highest BCUT2D eigenvalue weighted by molar-refractivity contribution is 5.76. The molecule has 0 atom stereocenters. The number of carbonyl (C=O) groups is 2. The molecule has 0 heterocycles. The van der Waals surface area contributed by atoms with Crippen molar-refractivity contribution < 1.29 is 14.3 Å². The van der Waals surface area contributed by atoms with Crippen molar-refractivity contribution in [1.82, 2.24) is 10.6 Å². The molecule has 0 radical (unpaired) electrons. The Morgan fingerprint density at radius 3 is 2.29 bits per heavy atom. The molecular formula is C15H29N3O3. The zero-order valence-corrected chi connectivity index (χ0v) is 13.4. The van der Waals surface area contributed by atoms with E-state index in [2.05, 4.69) is 10.6 Å². The normalized spacial score (nSPS) is 22.6. The Hall–Kier alpha value is -1.30. The number of alkyl carbamates (subject to hydrolysis) is 1. The van der Waals surface area contributed by atoms with Gasteiger partial charge in [0.25, 0.3) is 0 Å². The maximum atomic E-state index is 11.4. The van der Waals surface area contributed by atoms with Gasteiger partial charge in [0.15, 0.2) is 0 Å². The second kappa shape index (κ2) is 8.22.